The summed E-state index contributed by atoms with van der Waals surface area (Å²) in [5.74, 6) is -0.000245. The van der Waals surface area contributed by atoms with Crippen molar-refractivity contribution in [2.24, 2.45) is 0 Å². The van der Waals surface area contributed by atoms with Gasteiger partial charge in [-0.1, -0.05) is 12.1 Å². The van der Waals surface area contributed by atoms with E-state index in [1.165, 1.54) is 15.2 Å². The lowest BCUT2D eigenvalue weighted by molar-refractivity contribution is -0.116. The first-order chi connectivity index (χ1) is 14.4. The zero-order chi connectivity index (χ0) is 21.1. The normalized spacial score (nSPS) is 15.4. The zero-order valence-corrected chi connectivity index (χ0v) is 17.1. The first kappa shape index (κ1) is 20.1. The number of aromatic nitrogens is 2. The van der Waals surface area contributed by atoms with Crippen LogP contribution in [0.1, 0.15) is 19.3 Å². The zero-order valence-electron chi connectivity index (χ0n) is 16.3. The molecule has 0 atom stereocenters. The number of aryl methyl sites for hydroxylation is 1. The molecule has 30 heavy (non-hydrogen) atoms. The summed E-state index contributed by atoms with van der Waals surface area (Å²) >= 11 is 0. The predicted molar refractivity (Wildman–Crippen MR) is 116 cm³/mol. The molecule has 0 radical (unpaired) electrons. The molecule has 156 valence electrons. The van der Waals surface area contributed by atoms with E-state index >= 15 is 0 Å². The van der Waals surface area contributed by atoms with E-state index in [4.69, 9.17) is 0 Å². The monoisotopic (exact) mass is 426 g/mol. The molecule has 0 bridgehead atoms. The van der Waals surface area contributed by atoms with Crippen molar-refractivity contribution in [1.29, 1.82) is 0 Å². The van der Waals surface area contributed by atoms with Crippen LogP contribution in [0.3, 0.4) is 0 Å². The average Bonchev–Trinajstić information content (AvgIpc) is 3.09. The molecular weight excluding hydrogens is 404 g/mol. The molecule has 0 unspecified atom stereocenters. The van der Waals surface area contributed by atoms with Crippen molar-refractivity contribution in [3.63, 3.8) is 0 Å². The largest absolute Gasteiger partial charge is 0.326 e. The number of carbonyl (C=O) groups excluding carboxylic acids is 1. The number of amides is 1. The Kier molecular flexibility index (Phi) is 5.54. The van der Waals surface area contributed by atoms with E-state index in [0.29, 0.717) is 48.2 Å². The Morgan fingerprint density at radius 3 is 2.60 bits per heavy atom. The van der Waals surface area contributed by atoms with Crippen molar-refractivity contribution in [1.82, 2.24) is 9.55 Å². The molecule has 8 nitrogen and oxygen atoms in total. The van der Waals surface area contributed by atoms with Gasteiger partial charge in [-0.25, -0.2) is 13.4 Å². The Morgan fingerprint density at radius 2 is 1.87 bits per heavy atom. The molecule has 2 aromatic carbocycles. The highest BCUT2D eigenvalue weighted by Crippen LogP contribution is 2.25. The predicted octanol–water partition coefficient (Wildman–Crippen LogP) is 2.36. The summed E-state index contributed by atoms with van der Waals surface area (Å²) in [7, 11) is -3.22. The minimum absolute atomic E-state index is 0.117. The number of sulfonamides is 1. The standard InChI is InChI=1S/C21H22N4O4S/c26-20(7-3-12-24-15-22-19-6-2-1-5-18(19)21(24)27)23-16-8-10-17(11-9-16)25-13-4-14-30(25,28)29/h1-2,5-6,8-11,15H,3-4,7,12-14H2,(H,23,26). The quantitative estimate of drug-likeness (QED) is 0.652. The van der Waals surface area contributed by atoms with Crippen molar-refractivity contribution < 1.29 is 13.2 Å². The van der Waals surface area contributed by atoms with Gasteiger partial charge in [0.1, 0.15) is 0 Å². The van der Waals surface area contributed by atoms with Crippen LogP contribution in [-0.4, -0.2) is 36.2 Å². The van der Waals surface area contributed by atoms with E-state index in [0.717, 1.165) is 0 Å². The summed E-state index contributed by atoms with van der Waals surface area (Å²) in [6, 6.07) is 13.9. The van der Waals surface area contributed by atoms with Crippen molar-refractivity contribution >= 4 is 38.2 Å². The third-order valence-electron chi connectivity index (χ3n) is 5.07. The van der Waals surface area contributed by atoms with Crippen LogP contribution in [0.5, 0.6) is 0 Å². The van der Waals surface area contributed by atoms with Crippen molar-refractivity contribution in [3.05, 3.63) is 65.2 Å². The molecule has 0 saturated carbocycles. The third-order valence-corrected chi connectivity index (χ3v) is 6.94. The van der Waals surface area contributed by atoms with Crippen LogP contribution < -0.4 is 15.2 Å². The summed E-state index contributed by atoms with van der Waals surface area (Å²) in [4.78, 5) is 29.0. The lowest BCUT2D eigenvalue weighted by atomic mass is 10.2. The van der Waals surface area contributed by atoms with Gasteiger partial charge in [-0.05, 0) is 49.2 Å². The number of hydrogen-bond donors (Lipinski definition) is 1. The van der Waals surface area contributed by atoms with Gasteiger partial charge in [-0.3, -0.25) is 18.5 Å². The first-order valence-electron chi connectivity index (χ1n) is 9.78. The number of hydrogen-bond acceptors (Lipinski definition) is 5. The maximum atomic E-state index is 12.5. The maximum absolute atomic E-state index is 12.5. The van der Waals surface area contributed by atoms with E-state index in [9.17, 15) is 18.0 Å². The molecule has 1 aliphatic rings. The van der Waals surface area contributed by atoms with Gasteiger partial charge in [0.15, 0.2) is 0 Å². The van der Waals surface area contributed by atoms with Gasteiger partial charge in [0.2, 0.25) is 15.9 Å². The summed E-state index contributed by atoms with van der Waals surface area (Å²) in [5, 5.41) is 3.36. The number of benzene rings is 2. The summed E-state index contributed by atoms with van der Waals surface area (Å²) in [6.45, 7) is 0.882. The SMILES string of the molecule is O=C(CCCn1cnc2ccccc2c1=O)Nc1ccc(N2CCCS2(=O)=O)cc1. The molecule has 1 amide bonds. The van der Waals surface area contributed by atoms with Crippen LogP contribution in [-0.2, 0) is 21.4 Å². The van der Waals surface area contributed by atoms with Crippen LogP contribution in [0, 0.1) is 0 Å². The molecule has 2 heterocycles. The van der Waals surface area contributed by atoms with E-state index < -0.39 is 10.0 Å². The molecular formula is C21H22N4O4S. The van der Waals surface area contributed by atoms with Crippen LogP contribution in [0.2, 0.25) is 0 Å². The van der Waals surface area contributed by atoms with Crippen LogP contribution in [0.4, 0.5) is 11.4 Å². The van der Waals surface area contributed by atoms with Gasteiger partial charge in [-0.2, -0.15) is 0 Å². The summed E-state index contributed by atoms with van der Waals surface area (Å²) in [6.07, 6.45) is 2.88. The highest BCUT2D eigenvalue weighted by molar-refractivity contribution is 7.93. The van der Waals surface area contributed by atoms with Gasteiger partial charge in [0.05, 0.1) is 28.7 Å². The molecule has 1 aliphatic heterocycles. The van der Waals surface area contributed by atoms with E-state index in [2.05, 4.69) is 10.3 Å². The second-order valence-electron chi connectivity index (χ2n) is 7.20. The Morgan fingerprint density at radius 1 is 1.10 bits per heavy atom. The number of nitrogens with zero attached hydrogens (tertiary/aromatic N) is 3. The van der Waals surface area contributed by atoms with Crippen molar-refractivity contribution in [2.75, 3.05) is 21.9 Å². The lowest BCUT2D eigenvalue weighted by Gasteiger charge is -2.17. The fourth-order valence-electron chi connectivity index (χ4n) is 3.54. The van der Waals surface area contributed by atoms with Crippen molar-refractivity contribution in [2.45, 2.75) is 25.8 Å². The summed E-state index contributed by atoms with van der Waals surface area (Å²) < 4.78 is 26.9. The van der Waals surface area contributed by atoms with E-state index in [1.54, 1.807) is 42.5 Å². The minimum atomic E-state index is -3.22. The molecule has 9 heteroatoms. The lowest BCUT2D eigenvalue weighted by Crippen LogP contribution is -2.25. The molecule has 1 N–H and O–H groups in total. The van der Waals surface area contributed by atoms with E-state index in [1.807, 2.05) is 6.07 Å². The highest BCUT2D eigenvalue weighted by Gasteiger charge is 2.28. The maximum Gasteiger partial charge on any atom is 0.261 e. The number of nitrogens with one attached hydrogen (secondary N) is 1. The second-order valence-corrected chi connectivity index (χ2v) is 9.21. The number of para-hydroxylation sites is 1. The topological polar surface area (TPSA) is 101 Å². The Labute approximate surface area is 174 Å². The Balaban J connectivity index is 1.32. The van der Waals surface area contributed by atoms with Gasteiger partial charge in [0.25, 0.3) is 5.56 Å². The van der Waals surface area contributed by atoms with Gasteiger partial charge in [0, 0.05) is 25.2 Å². The summed E-state index contributed by atoms with van der Waals surface area (Å²) in [5.41, 5.74) is 1.74. The van der Waals surface area contributed by atoms with Gasteiger partial charge < -0.3 is 5.32 Å². The van der Waals surface area contributed by atoms with Crippen LogP contribution >= 0.6 is 0 Å². The number of carbonyl (C=O) groups is 1. The van der Waals surface area contributed by atoms with Crippen molar-refractivity contribution in [3.8, 4) is 0 Å². The Hall–Kier alpha value is -3.20. The number of rotatable bonds is 6. The first-order valence-corrected chi connectivity index (χ1v) is 11.4. The molecule has 1 aromatic heterocycles. The Bertz CT molecular complexity index is 1240. The minimum Gasteiger partial charge on any atom is -0.326 e. The fraction of sp³-hybridized carbons (Fsp3) is 0.286. The number of anilines is 2. The highest BCUT2D eigenvalue weighted by atomic mass is 32.2. The van der Waals surface area contributed by atoms with Crippen LogP contribution in [0.25, 0.3) is 10.9 Å². The van der Waals surface area contributed by atoms with Gasteiger partial charge in [-0.15, -0.1) is 0 Å². The fourth-order valence-corrected chi connectivity index (χ4v) is 5.10. The smallest absolute Gasteiger partial charge is 0.261 e. The van der Waals surface area contributed by atoms with Crippen LogP contribution in [0.15, 0.2) is 59.7 Å². The van der Waals surface area contributed by atoms with E-state index in [-0.39, 0.29) is 23.6 Å². The molecule has 0 spiro atoms. The molecule has 4 rings (SSSR count). The molecule has 0 aliphatic carbocycles. The third kappa shape index (κ3) is 4.20. The number of fused-ring (bicyclic) bond motifs is 1. The average molecular weight is 426 g/mol. The van der Waals surface area contributed by atoms with Gasteiger partial charge >= 0.3 is 0 Å². The molecule has 3 aromatic rings. The molecule has 1 saturated heterocycles. The second kappa shape index (κ2) is 8.27. The molecule has 1 fully saturated rings.